The van der Waals surface area contributed by atoms with Gasteiger partial charge in [0.25, 0.3) is 0 Å². The van der Waals surface area contributed by atoms with Crippen molar-refractivity contribution in [2.24, 2.45) is 0 Å². The fourth-order valence-electron chi connectivity index (χ4n) is 2.04. The van der Waals surface area contributed by atoms with Crippen LogP contribution in [0.5, 0.6) is 5.75 Å². The predicted molar refractivity (Wildman–Crippen MR) is 82.0 cm³/mol. The van der Waals surface area contributed by atoms with Gasteiger partial charge in [-0.3, -0.25) is 4.98 Å². The van der Waals surface area contributed by atoms with Crippen LogP contribution in [0.2, 0.25) is 0 Å². The Hall–Kier alpha value is -1.87. The van der Waals surface area contributed by atoms with Crippen molar-refractivity contribution >= 4 is 0 Å². The zero-order chi connectivity index (χ0) is 14.2. The molecule has 0 aliphatic rings. The number of aromatic nitrogens is 1. The van der Waals surface area contributed by atoms with Crippen LogP contribution in [0.15, 0.2) is 42.5 Å². The molecule has 0 bridgehead atoms. The summed E-state index contributed by atoms with van der Waals surface area (Å²) in [5, 5.41) is 3.38. The average Bonchev–Trinajstić information content (AvgIpc) is 2.49. The fourth-order valence-corrected chi connectivity index (χ4v) is 2.04. The van der Waals surface area contributed by atoms with Gasteiger partial charge in [0.15, 0.2) is 0 Å². The fraction of sp³-hybridized carbons (Fsp3) is 0.353. The molecule has 0 spiro atoms. The number of benzene rings is 1. The molecule has 1 heterocycles. The third-order valence-corrected chi connectivity index (χ3v) is 3.11. The van der Waals surface area contributed by atoms with E-state index in [1.807, 2.05) is 25.1 Å². The van der Waals surface area contributed by atoms with Crippen LogP contribution in [-0.2, 0) is 13.0 Å². The molecule has 20 heavy (non-hydrogen) atoms. The summed E-state index contributed by atoms with van der Waals surface area (Å²) < 4.78 is 5.80. The molecular weight excluding hydrogens is 248 g/mol. The lowest BCUT2D eigenvalue weighted by Gasteiger charge is -2.11. The van der Waals surface area contributed by atoms with Gasteiger partial charge >= 0.3 is 0 Å². The van der Waals surface area contributed by atoms with Gasteiger partial charge in [-0.05, 0) is 31.0 Å². The van der Waals surface area contributed by atoms with Crippen molar-refractivity contribution < 1.29 is 4.74 Å². The maximum Gasteiger partial charge on any atom is 0.140 e. The van der Waals surface area contributed by atoms with Crippen molar-refractivity contribution in [3.8, 4) is 5.75 Å². The van der Waals surface area contributed by atoms with Gasteiger partial charge in [-0.25, -0.2) is 0 Å². The minimum absolute atomic E-state index is 0.657. The maximum atomic E-state index is 5.80. The van der Waals surface area contributed by atoms with Crippen LogP contribution in [0.25, 0.3) is 0 Å². The van der Waals surface area contributed by atoms with Crippen molar-refractivity contribution in [3.63, 3.8) is 0 Å². The Labute approximate surface area is 121 Å². The zero-order valence-corrected chi connectivity index (χ0v) is 12.2. The van der Waals surface area contributed by atoms with Gasteiger partial charge in [-0.15, -0.1) is 0 Å². The van der Waals surface area contributed by atoms with E-state index in [2.05, 4.69) is 41.5 Å². The summed E-state index contributed by atoms with van der Waals surface area (Å²) in [5.41, 5.74) is 3.36. The standard InChI is InChI=1S/C17H22N2O/c1-3-16-17(10-9-14(2)19-16)20-12-11-18-13-15-7-5-4-6-8-15/h4-10,18H,3,11-13H2,1-2H3. The maximum absolute atomic E-state index is 5.80. The summed E-state index contributed by atoms with van der Waals surface area (Å²) in [4.78, 5) is 4.49. The second-order valence-corrected chi connectivity index (χ2v) is 4.76. The van der Waals surface area contributed by atoms with Gasteiger partial charge < -0.3 is 10.1 Å². The lowest BCUT2D eigenvalue weighted by Crippen LogP contribution is -2.20. The highest BCUT2D eigenvalue weighted by Crippen LogP contribution is 2.17. The lowest BCUT2D eigenvalue weighted by atomic mass is 10.2. The van der Waals surface area contributed by atoms with E-state index in [-0.39, 0.29) is 0 Å². The summed E-state index contributed by atoms with van der Waals surface area (Å²) in [5.74, 6) is 0.902. The second-order valence-electron chi connectivity index (χ2n) is 4.76. The first-order valence-electron chi connectivity index (χ1n) is 7.13. The van der Waals surface area contributed by atoms with E-state index in [1.54, 1.807) is 0 Å². The van der Waals surface area contributed by atoms with E-state index in [0.717, 1.165) is 36.6 Å². The molecular formula is C17H22N2O. The number of aryl methyl sites for hydroxylation is 2. The number of nitrogens with zero attached hydrogens (tertiary/aromatic N) is 1. The van der Waals surface area contributed by atoms with Crippen molar-refractivity contribution in [3.05, 3.63) is 59.4 Å². The molecule has 1 N–H and O–H groups in total. The van der Waals surface area contributed by atoms with Crippen LogP contribution in [0.4, 0.5) is 0 Å². The van der Waals surface area contributed by atoms with Crippen molar-refractivity contribution in [1.82, 2.24) is 10.3 Å². The van der Waals surface area contributed by atoms with Gasteiger partial charge in [-0.1, -0.05) is 37.3 Å². The summed E-state index contributed by atoms with van der Waals surface area (Å²) in [7, 11) is 0. The second kappa shape index (κ2) is 7.65. The highest BCUT2D eigenvalue weighted by molar-refractivity contribution is 5.29. The molecule has 0 fully saturated rings. The van der Waals surface area contributed by atoms with Crippen molar-refractivity contribution in [2.45, 2.75) is 26.8 Å². The molecule has 0 unspecified atom stereocenters. The molecule has 3 nitrogen and oxygen atoms in total. The third kappa shape index (κ3) is 4.35. The predicted octanol–water partition coefficient (Wildman–Crippen LogP) is 3.12. The Morgan fingerprint density at radius 1 is 1.10 bits per heavy atom. The zero-order valence-electron chi connectivity index (χ0n) is 12.2. The number of nitrogens with one attached hydrogen (secondary N) is 1. The Bertz CT molecular complexity index is 526. The Balaban J connectivity index is 1.73. The molecule has 0 radical (unpaired) electrons. The molecule has 1 aromatic carbocycles. The number of hydrogen-bond acceptors (Lipinski definition) is 3. The van der Waals surface area contributed by atoms with Crippen molar-refractivity contribution in [2.75, 3.05) is 13.2 Å². The number of hydrogen-bond donors (Lipinski definition) is 1. The van der Waals surface area contributed by atoms with Crippen LogP contribution in [0.3, 0.4) is 0 Å². The van der Waals surface area contributed by atoms with E-state index in [4.69, 9.17) is 4.74 Å². The average molecular weight is 270 g/mol. The Morgan fingerprint density at radius 3 is 2.65 bits per heavy atom. The van der Waals surface area contributed by atoms with Crippen LogP contribution in [0.1, 0.15) is 23.9 Å². The number of pyridine rings is 1. The topological polar surface area (TPSA) is 34.1 Å². The molecule has 0 amide bonds. The lowest BCUT2D eigenvalue weighted by molar-refractivity contribution is 0.309. The van der Waals surface area contributed by atoms with E-state index in [9.17, 15) is 0 Å². The minimum Gasteiger partial charge on any atom is -0.490 e. The smallest absolute Gasteiger partial charge is 0.140 e. The molecule has 0 saturated carbocycles. The Kier molecular flexibility index (Phi) is 5.56. The molecule has 0 saturated heterocycles. The SMILES string of the molecule is CCc1nc(C)ccc1OCCNCc1ccccc1. The van der Waals surface area contributed by atoms with Gasteiger partial charge in [0.05, 0.1) is 5.69 Å². The highest BCUT2D eigenvalue weighted by atomic mass is 16.5. The summed E-state index contributed by atoms with van der Waals surface area (Å²) in [6, 6.07) is 14.4. The number of rotatable bonds is 7. The number of ether oxygens (including phenoxy) is 1. The van der Waals surface area contributed by atoms with E-state index in [0.29, 0.717) is 6.61 Å². The Morgan fingerprint density at radius 2 is 1.90 bits per heavy atom. The first kappa shape index (κ1) is 14.5. The van der Waals surface area contributed by atoms with Crippen LogP contribution < -0.4 is 10.1 Å². The van der Waals surface area contributed by atoms with Crippen LogP contribution >= 0.6 is 0 Å². The molecule has 106 valence electrons. The van der Waals surface area contributed by atoms with Gasteiger partial charge in [0.2, 0.25) is 0 Å². The molecule has 1 aromatic heterocycles. The van der Waals surface area contributed by atoms with Gasteiger partial charge in [0, 0.05) is 18.8 Å². The first-order valence-corrected chi connectivity index (χ1v) is 7.13. The van der Waals surface area contributed by atoms with Crippen molar-refractivity contribution in [1.29, 1.82) is 0 Å². The molecule has 2 rings (SSSR count). The summed E-state index contributed by atoms with van der Waals surface area (Å²) in [6.45, 7) is 6.46. The molecule has 0 aliphatic carbocycles. The van der Waals surface area contributed by atoms with E-state index < -0.39 is 0 Å². The van der Waals surface area contributed by atoms with E-state index in [1.165, 1.54) is 5.56 Å². The van der Waals surface area contributed by atoms with Gasteiger partial charge in [0.1, 0.15) is 12.4 Å². The molecule has 0 aliphatic heterocycles. The summed E-state index contributed by atoms with van der Waals surface area (Å²) in [6.07, 6.45) is 0.897. The normalized spacial score (nSPS) is 10.5. The minimum atomic E-state index is 0.657. The van der Waals surface area contributed by atoms with E-state index >= 15 is 0 Å². The molecule has 2 aromatic rings. The van der Waals surface area contributed by atoms with Crippen LogP contribution in [0, 0.1) is 6.92 Å². The molecule has 0 atom stereocenters. The highest BCUT2D eigenvalue weighted by Gasteiger charge is 2.03. The third-order valence-electron chi connectivity index (χ3n) is 3.11. The van der Waals surface area contributed by atoms with Crippen LogP contribution in [-0.4, -0.2) is 18.1 Å². The quantitative estimate of drug-likeness (QED) is 0.785. The summed E-state index contributed by atoms with van der Waals surface area (Å²) >= 11 is 0. The monoisotopic (exact) mass is 270 g/mol. The van der Waals surface area contributed by atoms with Gasteiger partial charge in [-0.2, -0.15) is 0 Å². The molecule has 3 heteroatoms. The largest absolute Gasteiger partial charge is 0.490 e. The first-order chi connectivity index (χ1) is 9.79.